The first-order chi connectivity index (χ1) is 18.3. The number of carbonyl (C=O) groups excluding carboxylic acids is 3. The molecule has 38 heavy (non-hydrogen) atoms. The van der Waals surface area contributed by atoms with Crippen LogP contribution in [0.1, 0.15) is 155 Å². The third kappa shape index (κ3) is 21.9. The molecule has 222 valence electrons. The maximum absolute atomic E-state index is 12.5. The smallest absolute Gasteiger partial charge is 0.324 e. The monoisotopic (exact) mass is 540 g/mol. The van der Waals surface area contributed by atoms with E-state index in [1.165, 1.54) is 64.2 Å². The zero-order chi connectivity index (χ0) is 28.4. The number of unbranched alkanes of at least 4 members (excludes halogenated alkanes) is 16. The predicted octanol–water partition coefficient (Wildman–Crippen LogP) is 5.91. The van der Waals surface area contributed by atoms with Crippen molar-refractivity contribution in [3.8, 4) is 0 Å². The van der Waals surface area contributed by atoms with E-state index in [0.717, 1.165) is 43.6 Å². The van der Waals surface area contributed by atoms with Crippen LogP contribution >= 0.6 is 0 Å². The lowest BCUT2D eigenvalue weighted by molar-refractivity contribution is -0.152. The van der Waals surface area contributed by atoms with E-state index in [2.05, 4.69) is 24.7 Å². The van der Waals surface area contributed by atoms with E-state index in [0.29, 0.717) is 12.8 Å². The molecule has 0 fully saturated rings. The lowest BCUT2D eigenvalue weighted by Gasteiger charge is -2.29. The molecular formula is C29H56N4O5. The highest BCUT2D eigenvalue weighted by atomic mass is 16.4. The fourth-order valence-electron chi connectivity index (χ4n) is 4.40. The van der Waals surface area contributed by atoms with E-state index in [1.807, 2.05) is 0 Å². The van der Waals surface area contributed by atoms with Crippen LogP contribution in [-0.4, -0.2) is 40.0 Å². The largest absolute Gasteiger partial charge is 0.480 e. The Labute approximate surface area is 231 Å². The van der Waals surface area contributed by atoms with E-state index >= 15 is 0 Å². The molecule has 0 aromatic heterocycles. The second-order valence-electron chi connectivity index (χ2n) is 10.5. The molecule has 0 aliphatic rings. The maximum Gasteiger partial charge on any atom is 0.324 e. The first-order valence-electron chi connectivity index (χ1n) is 15.2. The zero-order valence-corrected chi connectivity index (χ0v) is 24.2. The molecule has 0 radical (unpaired) electrons. The van der Waals surface area contributed by atoms with Gasteiger partial charge in [0.25, 0.3) is 0 Å². The van der Waals surface area contributed by atoms with Crippen LogP contribution in [0.3, 0.4) is 0 Å². The molecule has 0 aromatic rings. The quantitative estimate of drug-likeness (QED) is 0.0753. The van der Waals surface area contributed by atoms with Crippen molar-refractivity contribution in [2.24, 2.45) is 5.73 Å². The number of aliphatic carboxylic acids is 1. The molecule has 0 aromatic carbocycles. The number of rotatable bonds is 27. The standard InChI is InChI=1S/C29H56N4O5/c1-3-5-7-9-11-13-15-17-19-21-27(35)31-33(25(29(37)38)23-24-26(30)34)32-28(36)22-20-18-16-14-12-10-8-6-4-2/h25H,3-24H2,1-2H3,(H2,30,34)(H,31,35)(H,32,36)(H,37,38). The SMILES string of the molecule is CCCCCCCCCCCC(=O)NN(NC(=O)CCCCCCCCCCC)C(CCC(N)=O)C(=O)O. The van der Waals surface area contributed by atoms with Crippen LogP contribution in [0.2, 0.25) is 0 Å². The van der Waals surface area contributed by atoms with E-state index < -0.39 is 17.9 Å². The normalized spacial score (nSPS) is 11.9. The highest BCUT2D eigenvalue weighted by molar-refractivity contribution is 5.80. The Hall–Kier alpha value is -2.16. The summed E-state index contributed by atoms with van der Waals surface area (Å²) >= 11 is 0. The van der Waals surface area contributed by atoms with Crippen LogP contribution < -0.4 is 16.6 Å². The molecule has 0 saturated heterocycles. The van der Waals surface area contributed by atoms with Gasteiger partial charge in [0.05, 0.1) is 0 Å². The summed E-state index contributed by atoms with van der Waals surface area (Å²) in [7, 11) is 0. The average Bonchev–Trinajstić information content (AvgIpc) is 2.86. The van der Waals surface area contributed by atoms with Crippen LogP contribution in [0.4, 0.5) is 0 Å². The minimum atomic E-state index is -1.29. The van der Waals surface area contributed by atoms with E-state index in [-0.39, 0.29) is 37.5 Å². The molecule has 1 unspecified atom stereocenters. The third-order valence-electron chi connectivity index (χ3n) is 6.77. The van der Waals surface area contributed by atoms with Gasteiger partial charge in [-0.3, -0.25) is 30.0 Å². The van der Waals surface area contributed by atoms with Crippen LogP contribution in [0, 0.1) is 0 Å². The number of primary amides is 1. The van der Waals surface area contributed by atoms with Gasteiger partial charge in [0.2, 0.25) is 17.7 Å². The van der Waals surface area contributed by atoms with Gasteiger partial charge < -0.3 is 10.8 Å². The number of carboxylic acid groups (broad SMARTS) is 1. The van der Waals surface area contributed by atoms with Gasteiger partial charge in [0.1, 0.15) is 6.04 Å². The second kappa shape index (κ2) is 25.1. The molecule has 0 spiro atoms. The number of nitrogens with one attached hydrogen (secondary N) is 2. The molecule has 1 atom stereocenters. The molecule has 0 rings (SSSR count). The number of amides is 3. The van der Waals surface area contributed by atoms with Gasteiger partial charge in [0.15, 0.2) is 0 Å². The van der Waals surface area contributed by atoms with Crippen LogP contribution in [0.5, 0.6) is 0 Å². The molecule has 0 aliphatic heterocycles. The van der Waals surface area contributed by atoms with E-state index in [4.69, 9.17) is 5.73 Å². The molecule has 0 bridgehead atoms. The summed E-state index contributed by atoms with van der Waals surface area (Å²) < 4.78 is 0. The van der Waals surface area contributed by atoms with Crippen LogP contribution in [0.25, 0.3) is 0 Å². The van der Waals surface area contributed by atoms with Gasteiger partial charge in [-0.25, -0.2) is 0 Å². The first kappa shape index (κ1) is 35.8. The van der Waals surface area contributed by atoms with Crippen LogP contribution in [-0.2, 0) is 19.2 Å². The second-order valence-corrected chi connectivity index (χ2v) is 10.5. The first-order valence-corrected chi connectivity index (χ1v) is 15.2. The van der Waals surface area contributed by atoms with Crippen molar-refractivity contribution in [3.63, 3.8) is 0 Å². The van der Waals surface area contributed by atoms with Gasteiger partial charge in [-0.2, -0.15) is 0 Å². The fourth-order valence-corrected chi connectivity index (χ4v) is 4.40. The highest BCUT2D eigenvalue weighted by Gasteiger charge is 2.29. The van der Waals surface area contributed by atoms with Gasteiger partial charge in [-0.15, -0.1) is 5.12 Å². The molecule has 9 nitrogen and oxygen atoms in total. The Morgan fingerprint density at radius 1 is 0.605 bits per heavy atom. The fraction of sp³-hybridized carbons (Fsp3) is 0.862. The topological polar surface area (TPSA) is 142 Å². The number of carbonyl (C=O) groups is 4. The molecule has 0 saturated carbocycles. The zero-order valence-electron chi connectivity index (χ0n) is 24.2. The summed E-state index contributed by atoms with van der Waals surface area (Å²) in [5.41, 5.74) is 10.3. The predicted molar refractivity (Wildman–Crippen MR) is 152 cm³/mol. The summed E-state index contributed by atoms with van der Waals surface area (Å²) in [5, 5.41) is 10.6. The van der Waals surface area contributed by atoms with Gasteiger partial charge in [-0.05, 0) is 19.3 Å². The number of nitrogens with two attached hydrogens (primary N) is 1. The third-order valence-corrected chi connectivity index (χ3v) is 6.77. The van der Waals surface area contributed by atoms with Crippen molar-refractivity contribution in [2.75, 3.05) is 0 Å². The van der Waals surface area contributed by atoms with Gasteiger partial charge >= 0.3 is 5.97 Å². The van der Waals surface area contributed by atoms with Crippen molar-refractivity contribution in [2.45, 2.75) is 161 Å². The van der Waals surface area contributed by atoms with Crippen molar-refractivity contribution in [1.29, 1.82) is 0 Å². The van der Waals surface area contributed by atoms with Gasteiger partial charge in [-0.1, -0.05) is 117 Å². The Kier molecular flexibility index (Phi) is 23.7. The Bertz CT molecular complexity index is 608. The number of carboxylic acids is 1. The van der Waals surface area contributed by atoms with E-state index in [1.54, 1.807) is 0 Å². The van der Waals surface area contributed by atoms with Crippen molar-refractivity contribution >= 4 is 23.7 Å². The Morgan fingerprint density at radius 2 is 0.947 bits per heavy atom. The minimum absolute atomic E-state index is 0.124. The van der Waals surface area contributed by atoms with E-state index in [9.17, 15) is 24.3 Å². The molecular weight excluding hydrogens is 484 g/mol. The summed E-state index contributed by atoms with van der Waals surface area (Å²) in [5.74, 6) is -2.61. The average molecular weight is 541 g/mol. The minimum Gasteiger partial charge on any atom is -0.480 e. The van der Waals surface area contributed by atoms with Crippen LogP contribution in [0.15, 0.2) is 0 Å². The Balaban J connectivity index is 4.56. The maximum atomic E-state index is 12.5. The molecule has 3 amide bonds. The number of nitrogens with zero attached hydrogens (tertiary/aromatic N) is 1. The molecule has 0 heterocycles. The van der Waals surface area contributed by atoms with Gasteiger partial charge in [0, 0.05) is 19.3 Å². The summed E-state index contributed by atoms with van der Waals surface area (Å²) in [6, 6.07) is -1.29. The summed E-state index contributed by atoms with van der Waals surface area (Å²) in [4.78, 5) is 48.2. The number of hydrogen-bond donors (Lipinski definition) is 4. The molecule has 5 N–H and O–H groups in total. The summed E-state index contributed by atoms with van der Waals surface area (Å²) in [6.07, 6.45) is 20.4. The lowest BCUT2D eigenvalue weighted by atomic mass is 10.1. The molecule has 0 aliphatic carbocycles. The Morgan fingerprint density at radius 3 is 1.26 bits per heavy atom. The lowest BCUT2D eigenvalue weighted by Crippen LogP contribution is -2.60. The molecule has 9 heteroatoms. The van der Waals surface area contributed by atoms with Crippen molar-refractivity contribution in [3.05, 3.63) is 0 Å². The van der Waals surface area contributed by atoms with Crippen molar-refractivity contribution < 1.29 is 24.3 Å². The number of hydrazine groups is 2. The van der Waals surface area contributed by atoms with Crippen molar-refractivity contribution in [1.82, 2.24) is 16.0 Å². The highest BCUT2D eigenvalue weighted by Crippen LogP contribution is 2.12. The number of hydrogen-bond acceptors (Lipinski definition) is 5. The summed E-state index contributed by atoms with van der Waals surface area (Å²) in [6.45, 7) is 4.40.